The molecule has 0 saturated carbocycles. The average Bonchev–Trinajstić information content (AvgIpc) is 2.23. The molecule has 0 aliphatic heterocycles. The molecule has 84 valence electrons. The first-order valence-corrected chi connectivity index (χ1v) is 5.19. The molecule has 0 aliphatic carbocycles. The van der Waals surface area contributed by atoms with Crippen LogP contribution in [0.1, 0.15) is 13.8 Å². The lowest BCUT2D eigenvalue weighted by Gasteiger charge is -2.13. The van der Waals surface area contributed by atoms with Gasteiger partial charge in [0.2, 0.25) is 0 Å². The SMILES string of the molecule is CC(C)Nc1nccc2c(F)ccc(N)c12. The van der Waals surface area contributed by atoms with Gasteiger partial charge in [0, 0.05) is 23.3 Å². The summed E-state index contributed by atoms with van der Waals surface area (Å²) in [7, 11) is 0. The molecule has 0 atom stereocenters. The van der Waals surface area contributed by atoms with Gasteiger partial charge in [-0.15, -0.1) is 0 Å². The summed E-state index contributed by atoms with van der Waals surface area (Å²) >= 11 is 0. The number of aromatic nitrogens is 1. The Morgan fingerprint density at radius 3 is 2.75 bits per heavy atom. The predicted octanol–water partition coefficient (Wildman–Crippen LogP) is 2.78. The molecule has 0 fully saturated rings. The Morgan fingerprint density at radius 1 is 1.31 bits per heavy atom. The monoisotopic (exact) mass is 219 g/mol. The molecule has 3 nitrogen and oxygen atoms in total. The summed E-state index contributed by atoms with van der Waals surface area (Å²) in [6.45, 7) is 3.99. The van der Waals surface area contributed by atoms with E-state index in [-0.39, 0.29) is 11.9 Å². The van der Waals surface area contributed by atoms with Crippen LogP contribution >= 0.6 is 0 Å². The molecule has 0 unspecified atom stereocenters. The second-order valence-corrected chi connectivity index (χ2v) is 4.02. The maximum Gasteiger partial charge on any atom is 0.136 e. The molecule has 0 radical (unpaired) electrons. The Kier molecular flexibility index (Phi) is 2.64. The topological polar surface area (TPSA) is 50.9 Å². The lowest BCUT2D eigenvalue weighted by Crippen LogP contribution is -2.11. The number of hydrogen-bond donors (Lipinski definition) is 2. The average molecular weight is 219 g/mol. The number of pyridine rings is 1. The van der Waals surface area contributed by atoms with Crippen molar-refractivity contribution >= 4 is 22.3 Å². The van der Waals surface area contributed by atoms with E-state index in [1.807, 2.05) is 13.8 Å². The van der Waals surface area contributed by atoms with Crippen molar-refractivity contribution in [2.75, 3.05) is 11.1 Å². The molecule has 1 heterocycles. The molecular weight excluding hydrogens is 205 g/mol. The van der Waals surface area contributed by atoms with Crippen LogP contribution in [0, 0.1) is 5.82 Å². The van der Waals surface area contributed by atoms with Crippen LogP contribution in [0.15, 0.2) is 24.4 Å². The maximum absolute atomic E-state index is 13.6. The fourth-order valence-electron chi connectivity index (χ4n) is 1.67. The Labute approximate surface area is 93.5 Å². The Balaban J connectivity index is 2.71. The van der Waals surface area contributed by atoms with Gasteiger partial charge in [-0.25, -0.2) is 9.37 Å². The van der Waals surface area contributed by atoms with Crippen LogP contribution in [0.25, 0.3) is 10.8 Å². The second kappa shape index (κ2) is 3.96. The number of nitrogen functional groups attached to an aromatic ring is 1. The third kappa shape index (κ3) is 1.78. The Hall–Kier alpha value is -1.84. The number of benzene rings is 1. The molecule has 3 N–H and O–H groups in total. The number of rotatable bonds is 2. The van der Waals surface area contributed by atoms with Gasteiger partial charge in [0.15, 0.2) is 0 Å². The van der Waals surface area contributed by atoms with E-state index in [0.717, 1.165) is 0 Å². The number of nitrogens with two attached hydrogens (primary N) is 1. The minimum Gasteiger partial charge on any atom is -0.398 e. The van der Waals surface area contributed by atoms with Crippen molar-refractivity contribution in [2.24, 2.45) is 0 Å². The molecular formula is C12H14FN3. The third-order valence-corrected chi connectivity index (χ3v) is 2.33. The summed E-state index contributed by atoms with van der Waals surface area (Å²) < 4.78 is 13.6. The van der Waals surface area contributed by atoms with E-state index in [1.165, 1.54) is 6.07 Å². The van der Waals surface area contributed by atoms with Crippen LogP contribution < -0.4 is 11.1 Å². The predicted molar refractivity (Wildman–Crippen MR) is 64.9 cm³/mol. The molecule has 0 amide bonds. The molecule has 0 saturated heterocycles. The van der Waals surface area contributed by atoms with E-state index in [1.54, 1.807) is 18.3 Å². The Bertz CT molecular complexity index is 523. The van der Waals surface area contributed by atoms with Gasteiger partial charge < -0.3 is 11.1 Å². The van der Waals surface area contributed by atoms with Crippen LogP contribution in [0.2, 0.25) is 0 Å². The van der Waals surface area contributed by atoms with Gasteiger partial charge in [0.1, 0.15) is 11.6 Å². The highest BCUT2D eigenvalue weighted by atomic mass is 19.1. The van der Waals surface area contributed by atoms with Crippen molar-refractivity contribution < 1.29 is 4.39 Å². The molecule has 0 aliphatic rings. The van der Waals surface area contributed by atoms with Crippen molar-refractivity contribution in [3.8, 4) is 0 Å². The smallest absolute Gasteiger partial charge is 0.136 e. The van der Waals surface area contributed by atoms with Crippen molar-refractivity contribution in [3.05, 3.63) is 30.2 Å². The van der Waals surface area contributed by atoms with E-state index >= 15 is 0 Å². The van der Waals surface area contributed by atoms with E-state index in [2.05, 4.69) is 10.3 Å². The van der Waals surface area contributed by atoms with Crippen molar-refractivity contribution in [1.29, 1.82) is 0 Å². The van der Waals surface area contributed by atoms with Gasteiger partial charge in [-0.1, -0.05) is 0 Å². The summed E-state index contributed by atoms with van der Waals surface area (Å²) in [4.78, 5) is 4.19. The highest BCUT2D eigenvalue weighted by Gasteiger charge is 2.09. The number of hydrogen-bond acceptors (Lipinski definition) is 3. The molecule has 0 spiro atoms. The largest absolute Gasteiger partial charge is 0.398 e. The summed E-state index contributed by atoms with van der Waals surface area (Å²) in [5, 5.41) is 4.31. The molecule has 1 aromatic heterocycles. The second-order valence-electron chi connectivity index (χ2n) is 4.02. The highest BCUT2D eigenvalue weighted by molar-refractivity contribution is 6.01. The quantitative estimate of drug-likeness (QED) is 0.763. The van der Waals surface area contributed by atoms with Crippen molar-refractivity contribution in [3.63, 3.8) is 0 Å². The van der Waals surface area contributed by atoms with Crippen molar-refractivity contribution in [2.45, 2.75) is 19.9 Å². The van der Waals surface area contributed by atoms with Crippen LogP contribution in [0.4, 0.5) is 15.9 Å². The van der Waals surface area contributed by atoms with Gasteiger partial charge in [-0.2, -0.15) is 0 Å². The van der Waals surface area contributed by atoms with E-state index < -0.39 is 0 Å². The van der Waals surface area contributed by atoms with Crippen LogP contribution in [0.3, 0.4) is 0 Å². The van der Waals surface area contributed by atoms with Crippen LogP contribution in [-0.4, -0.2) is 11.0 Å². The van der Waals surface area contributed by atoms with Gasteiger partial charge >= 0.3 is 0 Å². The number of halogens is 1. The number of fused-ring (bicyclic) bond motifs is 1. The first-order chi connectivity index (χ1) is 7.59. The molecule has 16 heavy (non-hydrogen) atoms. The zero-order chi connectivity index (χ0) is 11.7. The molecule has 0 bridgehead atoms. The van der Waals surface area contributed by atoms with Crippen LogP contribution in [0.5, 0.6) is 0 Å². The zero-order valence-corrected chi connectivity index (χ0v) is 9.29. The summed E-state index contributed by atoms with van der Waals surface area (Å²) in [5.41, 5.74) is 6.39. The normalized spacial score (nSPS) is 11.0. The number of anilines is 2. The standard InChI is InChI=1S/C12H14FN3/c1-7(2)16-12-11-8(5-6-15-12)9(13)3-4-10(11)14/h3-7H,14H2,1-2H3,(H,15,16). The molecule has 1 aromatic carbocycles. The Morgan fingerprint density at radius 2 is 2.06 bits per heavy atom. The third-order valence-electron chi connectivity index (χ3n) is 2.33. The zero-order valence-electron chi connectivity index (χ0n) is 9.29. The first kappa shape index (κ1) is 10.7. The van der Waals surface area contributed by atoms with Gasteiger partial charge in [0.05, 0.1) is 5.39 Å². The highest BCUT2D eigenvalue weighted by Crippen LogP contribution is 2.29. The van der Waals surface area contributed by atoms with Gasteiger partial charge in [0.25, 0.3) is 0 Å². The number of nitrogens with one attached hydrogen (secondary N) is 1. The lowest BCUT2D eigenvalue weighted by atomic mass is 10.1. The summed E-state index contributed by atoms with van der Waals surface area (Å²) in [6.07, 6.45) is 1.58. The molecule has 2 aromatic rings. The van der Waals surface area contributed by atoms with Crippen LogP contribution in [-0.2, 0) is 0 Å². The van der Waals surface area contributed by atoms with Gasteiger partial charge in [-0.3, -0.25) is 0 Å². The lowest BCUT2D eigenvalue weighted by molar-refractivity contribution is 0.640. The minimum absolute atomic E-state index is 0.223. The maximum atomic E-state index is 13.6. The van der Waals surface area contributed by atoms with Gasteiger partial charge in [-0.05, 0) is 32.0 Å². The first-order valence-electron chi connectivity index (χ1n) is 5.19. The fraction of sp³-hybridized carbons (Fsp3) is 0.250. The molecule has 2 rings (SSSR count). The summed E-state index contributed by atoms with van der Waals surface area (Å²) in [6, 6.07) is 4.79. The molecule has 4 heteroatoms. The van der Waals surface area contributed by atoms with Crippen molar-refractivity contribution in [1.82, 2.24) is 4.98 Å². The minimum atomic E-state index is -0.279. The fourth-order valence-corrected chi connectivity index (χ4v) is 1.67. The van der Waals surface area contributed by atoms with E-state index in [0.29, 0.717) is 22.3 Å². The van der Waals surface area contributed by atoms with E-state index in [9.17, 15) is 4.39 Å². The van der Waals surface area contributed by atoms with E-state index in [4.69, 9.17) is 5.73 Å². The summed E-state index contributed by atoms with van der Waals surface area (Å²) in [5.74, 6) is 0.350. The number of nitrogens with zero attached hydrogens (tertiary/aromatic N) is 1.